The Labute approximate surface area is 359 Å². The normalized spacial score (nSPS) is 11.3. The van der Waals surface area contributed by atoms with Gasteiger partial charge in [0.1, 0.15) is 0 Å². The Bertz CT molecular complexity index is 3190. The van der Waals surface area contributed by atoms with E-state index in [4.69, 9.17) is 15.0 Å². The molecule has 286 valence electrons. The average molecular weight is 796 g/mol. The molecule has 3 nitrogen and oxygen atoms in total. The Morgan fingerprint density at radius 2 is 0.721 bits per heavy atom. The van der Waals surface area contributed by atoms with Crippen LogP contribution < -0.4 is 0 Å². The first-order valence-electron chi connectivity index (χ1n) is 20.5. The molecule has 0 N–H and O–H groups in total. The van der Waals surface area contributed by atoms with E-state index >= 15 is 0 Å². The SMILES string of the molecule is c1ccc(-c2ccc(-c3cc(-c4ccc(-c5sc6c(c(-c7ccccc7)nc7ccccc76)c5-c5ccccc5)cc4)nc(-c4ccc(-c5ccccc5)cc4)n3)cc2)cc1. The summed E-state index contributed by atoms with van der Waals surface area (Å²) in [5, 5.41) is 2.35. The Morgan fingerprint density at radius 1 is 0.311 bits per heavy atom. The highest BCUT2D eigenvalue weighted by Gasteiger charge is 2.23. The first-order chi connectivity index (χ1) is 30.2. The van der Waals surface area contributed by atoms with E-state index in [1.54, 1.807) is 0 Å². The second-order valence-corrected chi connectivity index (χ2v) is 16.2. The highest BCUT2D eigenvalue weighted by molar-refractivity contribution is 7.24. The molecule has 11 aromatic rings. The predicted molar refractivity (Wildman–Crippen MR) is 256 cm³/mol. The second kappa shape index (κ2) is 15.8. The van der Waals surface area contributed by atoms with Gasteiger partial charge in [0, 0.05) is 48.2 Å². The quantitative estimate of drug-likeness (QED) is 0.154. The number of para-hydroxylation sites is 1. The Hall–Kier alpha value is -7.79. The summed E-state index contributed by atoms with van der Waals surface area (Å²) in [5.74, 6) is 0.687. The number of aromatic nitrogens is 3. The topological polar surface area (TPSA) is 38.7 Å². The van der Waals surface area contributed by atoms with E-state index in [0.717, 1.165) is 61.4 Å². The summed E-state index contributed by atoms with van der Waals surface area (Å²) < 4.78 is 1.24. The van der Waals surface area contributed by atoms with Gasteiger partial charge in [-0.05, 0) is 45.5 Å². The molecule has 0 saturated heterocycles. The van der Waals surface area contributed by atoms with Crippen LogP contribution in [0.3, 0.4) is 0 Å². The number of pyridine rings is 1. The number of benzene rings is 8. The van der Waals surface area contributed by atoms with Crippen LogP contribution in [0.5, 0.6) is 0 Å². The molecule has 11 rings (SSSR count). The van der Waals surface area contributed by atoms with E-state index in [0.29, 0.717) is 5.82 Å². The van der Waals surface area contributed by atoms with Gasteiger partial charge in [0.05, 0.1) is 22.6 Å². The van der Waals surface area contributed by atoms with Crippen molar-refractivity contribution in [3.63, 3.8) is 0 Å². The fraction of sp³-hybridized carbons (Fsp3) is 0. The van der Waals surface area contributed by atoms with Crippen LogP contribution in [0, 0.1) is 0 Å². The number of rotatable bonds is 8. The summed E-state index contributed by atoms with van der Waals surface area (Å²) in [5.41, 5.74) is 16.1. The summed E-state index contributed by atoms with van der Waals surface area (Å²) in [6, 6.07) is 79.0. The van der Waals surface area contributed by atoms with Gasteiger partial charge in [-0.3, -0.25) is 0 Å². The van der Waals surface area contributed by atoms with Crippen LogP contribution >= 0.6 is 11.3 Å². The van der Waals surface area contributed by atoms with Crippen LogP contribution in [-0.2, 0) is 0 Å². The molecule has 0 saturated carbocycles. The highest BCUT2D eigenvalue weighted by Crippen LogP contribution is 2.50. The van der Waals surface area contributed by atoms with Crippen molar-refractivity contribution in [3.05, 3.63) is 224 Å². The Morgan fingerprint density at radius 3 is 1.26 bits per heavy atom. The van der Waals surface area contributed by atoms with E-state index in [1.807, 2.05) is 23.5 Å². The molecule has 0 radical (unpaired) electrons. The van der Waals surface area contributed by atoms with E-state index in [9.17, 15) is 0 Å². The molecular weight excluding hydrogens is 759 g/mol. The zero-order valence-corrected chi connectivity index (χ0v) is 33.9. The van der Waals surface area contributed by atoms with Crippen LogP contribution in [0.25, 0.3) is 110 Å². The molecule has 0 bridgehead atoms. The van der Waals surface area contributed by atoms with Gasteiger partial charge in [-0.1, -0.05) is 212 Å². The van der Waals surface area contributed by atoms with Gasteiger partial charge in [-0.2, -0.15) is 0 Å². The van der Waals surface area contributed by atoms with Crippen molar-refractivity contribution in [3.8, 4) is 89.0 Å². The third-order valence-corrected chi connectivity index (χ3v) is 12.6. The van der Waals surface area contributed by atoms with E-state index < -0.39 is 0 Å². The molecule has 3 heterocycles. The van der Waals surface area contributed by atoms with E-state index in [2.05, 4.69) is 212 Å². The third kappa shape index (κ3) is 6.99. The lowest BCUT2D eigenvalue weighted by Crippen LogP contribution is -1.96. The minimum atomic E-state index is 0.687. The van der Waals surface area contributed by atoms with Gasteiger partial charge in [0.25, 0.3) is 0 Å². The first kappa shape index (κ1) is 36.3. The molecule has 0 aliphatic heterocycles. The molecule has 3 aromatic heterocycles. The fourth-order valence-corrected chi connectivity index (χ4v) is 9.61. The lowest BCUT2D eigenvalue weighted by atomic mass is 9.94. The molecule has 0 unspecified atom stereocenters. The Kier molecular flexibility index (Phi) is 9.38. The van der Waals surface area contributed by atoms with Gasteiger partial charge < -0.3 is 0 Å². The van der Waals surface area contributed by atoms with Crippen molar-refractivity contribution >= 4 is 32.3 Å². The molecule has 0 atom stereocenters. The first-order valence-corrected chi connectivity index (χ1v) is 21.3. The number of thiophene rings is 1. The predicted octanol–water partition coefficient (Wildman–Crippen LogP) is 15.6. The lowest BCUT2D eigenvalue weighted by molar-refractivity contribution is 1.18. The number of fused-ring (bicyclic) bond motifs is 3. The van der Waals surface area contributed by atoms with Crippen LogP contribution in [0.1, 0.15) is 0 Å². The van der Waals surface area contributed by atoms with Crippen molar-refractivity contribution < 1.29 is 0 Å². The lowest BCUT2D eigenvalue weighted by Gasteiger charge is -2.12. The molecule has 0 amide bonds. The maximum Gasteiger partial charge on any atom is 0.160 e. The maximum atomic E-state index is 5.32. The number of hydrogen-bond acceptors (Lipinski definition) is 4. The zero-order valence-electron chi connectivity index (χ0n) is 33.1. The Balaban J connectivity index is 1.04. The van der Waals surface area contributed by atoms with Crippen molar-refractivity contribution in [2.75, 3.05) is 0 Å². The summed E-state index contributed by atoms with van der Waals surface area (Å²) in [7, 11) is 0. The number of nitrogens with zero attached hydrogens (tertiary/aromatic N) is 3. The van der Waals surface area contributed by atoms with Gasteiger partial charge in [-0.25, -0.2) is 15.0 Å². The summed E-state index contributed by atoms with van der Waals surface area (Å²) in [6.07, 6.45) is 0. The summed E-state index contributed by atoms with van der Waals surface area (Å²) >= 11 is 1.84. The smallest absolute Gasteiger partial charge is 0.160 e. The van der Waals surface area contributed by atoms with Gasteiger partial charge in [-0.15, -0.1) is 11.3 Å². The molecule has 8 aromatic carbocycles. The van der Waals surface area contributed by atoms with E-state index in [1.165, 1.54) is 42.8 Å². The van der Waals surface area contributed by atoms with Gasteiger partial charge in [0.15, 0.2) is 5.82 Å². The van der Waals surface area contributed by atoms with Crippen molar-refractivity contribution in [1.29, 1.82) is 0 Å². The maximum absolute atomic E-state index is 5.32. The molecule has 0 spiro atoms. The zero-order chi connectivity index (χ0) is 40.5. The minimum Gasteiger partial charge on any atom is -0.247 e. The highest BCUT2D eigenvalue weighted by atomic mass is 32.1. The van der Waals surface area contributed by atoms with E-state index in [-0.39, 0.29) is 0 Å². The monoisotopic (exact) mass is 795 g/mol. The summed E-state index contributed by atoms with van der Waals surface area (Å²) in [4.78, 5) is 16.9. The summed E-state index contributed by atoms with van der Waals surface area (Å²) in [6.45, 7) is 0. The average Bonchev–Trinajstić information content (AvgIpc) is 3.76. The van der Waals surface area contributed by atoms with Crippen molar-refractivity contribution in [1.82, 2.24) is 15.0 Å². The van der Waals surface area contributed by atoms with Gasteiger partial charge >= 0.3 is 0 Å². The fourth-order valence-electron chi connectivity index (χ4n) is 8.25. The van der Waals surface area contributed by atoms with Crippen LogP contribution in [0.2, 0.25) is 0 Å². The standard InChI is InChI=1S/C57H37N3S/c1-5-15-38(16-6-1)40-25-29-42(30-26-40)50-37-51(60-57(59-50)47-35-27-41(28-36-47)39-17-7-2-8-18-39)43-31-33-46(34-32-43)55-52(44-19-9-3-10-20-44)53-54(45-21-11-4-12-22-45)58-49-24-14-13-23-48(49)56(53)61-55/h1-37H. The van der Waals surface area contributed by atoms with Crippen LogP contribution in [-0.4, -0.2) is 15.0 Å². The molecule has 0 aliphatic carbocycles. The molecular formula is C57H37N3S. The van der Waals surface area contributed by atoms with Crippen molar-refractivity contribution in [2.45, 2.75) is 0 Å². The number of hydrogen-bond donors (Lipinski definition) is 0. The second-order valence-electron chi connectivity index (χ2n) is 15.1. The minimum absolute atomic E-state index is 0.687. The largest absolute Gasteiger partial charge is 0.247 e. The molecule has 0 fully saturated rings. The molecule has 0 aliphatic rings. The van der Waals surface area contributed by atoms with Crippen LogP contribution in [0.4, 0.5) is 0 Å². The van der Waals surface area contributed by atoms with Crippen LogP contribution in [0.15, 0.2) is 224 Å². The molecule has 61 heavy (non-hydrogen) atoms. The van der Waals surface area contributed by atoms with Crippen molar-refractivity contribution in [2.24, 2.45) is 0 Å². The third-order valence-electron chi connectivity index (χ3n) is 11.3. The van der Waals surface area contributed by atoms with Gasteiger partial charge in [0.2, 0.25) is 0 Å². The molecule has 4 heteroatoms.